The zero-order valence-electron chi connectivity index (χ0n) is 13.4. The maximum atomic E-state index is 12.8. The highest BCUT2D eigenvalue weighted by atomic mass is 32.2. The molecule has 0 aromatic heterocycles. The van der Waals surface area contributed by atoms with Gasteiger partial charge in [-0.15, -0.1) is 0 Å². The fraction of sp³-hybridized carbons (Fsp3) is 0.625. The zero-order valence-corrected chi connectivity index (χ0v) is 14.3. The van der Waals surface area contributed by atoms with Gasteiger partial charge in [-0.05, 0) is 51.0 Å². The second kappa shape index (κ2) is 5.51. The van der Waals surface area contributed by atoms with Gasteiger partial charge in [0, 0.05) is 25.7 Å². The molecule has 1 aromatic carbocycles. The van der Waals surface area contributed by atoms with Crippen molar-refractivity contribution in [2.75, 3.05) is 26.7 Å². The predicted molar refractivity (Wildman–Crippen MR) is 85.6 cm³/mol. The first-order valence-corrected chi connectivity index (χ1v) is 9.24. The molecule has 6 heteroatoms. The summed E-state index contributed by atoms with van der Waals surface area (Å²) in [5.74, 6) is 0.671. The summed E-state index contributed by atoms with van der Waals surface area (Å²) < 4.78 is 32.3. The third-order valence-corrected chi connectivity index (χ3v) is 6.93. The maximum absolute atomic E-state index is 12.8. The van der Waals surface area contributed by atoms with Crippen molar-refractivity contribution in [3.05, 3.63) is 24.3 Å². The van der Waals surface area contributed by atoms with Gasteiger partial charge < -0.3 is 9.64 Å². The van der Waals surface area contributed by atoms with E-state index in [1.165, 1.54) is 0 Å². The molecule has 2 heterocycles. The number of methoxy groups -OCH3 is 1. The second-order valence-corrected chi connectivity index (χ2v) is 8.40. The van der Waals surface area contributed by atoms with E-state index in [0.29, 0.717) is 23.2 Å². The number of nitrogens with zero attached hydrogens (tertiary/aromatic N) is 2. The molecule has 0 radical (unpaired) electrons. The van der Waals surface area contributed by atoms with Crippen molar-refractivity contribution in [1.29, 1.82) is 0 Å². The fourth-order valence-corrected chi connectivity index (χ4v) is 5.15. The summed E-state index contributed by atoms with van der Waals surface area (Å²) in [7, 11) is -1.80. The van der Waals surface area contributed by atoms with E-state index in [-0.39, 0.29) is 5.54 Å². The molecule has 2 aliphatic heterocycles. The molecule has 1 aromatic rings. The SMILES string of the molecule is COc1ccc(S(=O)(=O)N2CC23CCN(C(C)C)CC3)cc1. The molecule has 0 bridgehead atoms. The molecule has 0 N–H and O–H groups in total. The summed E-state index contributed by atoms with van der Waals surface area (Å²) in [5, 5.41) is 0. The molecular weight excluding hydrogens is 300 g/mol. The normalized spacial score (nSPS) is 24.6. The van der Waals surface area contributed by atoms with Crippen LogP contribution in [0.2, 0.25) is 0 Å². The van der Waals surface area contributed by atoms with Crippen molar-refractivity contribution >= 4 is 10.0 Å². The maximum Gasteiger partial charge on any atom is 0.243 e. The lowest BCUT2D eigenvalue weighted by molar-refractivity contribution is 0.156. The van der Waals surface area contributed by atoms with Crippen LogP contribution < -0.4 is 4.74 Å². The Morgan fingerprint density at radius 3 is 2.23 bits per heavy atom. The lowest BCUT2D eigenvalue weighted by Crippen LogP contribution is -2.43. The first-order valence-electron chi connectivity index (χ1n) is 7.80. The van der Waals surface area contributed by atoms with E-state index in [2.05, 4.69) is 18.7 Å². The Morgan fingerprint density at radius 1 is 1.14 bits per heavy atom. The number of ether oxygens (including phenoxy) is 1. The molecule has 2 fully saturated rings. The number of benzene rings is 1. The molecule has 1 atom stereocenters. The van der Waals surface area contributed by atoms with Crippen molar-refractivity contribution < 1.29 is 13.2 Å². The molecule has 1 spiro atoms. The Hall–Kier alpha value is -1.11. The van der Waals surface area contributed by atoms with E-state index in [1.807, 2.05) is 0 Å². The number of rotatable bonds is 4. The molecule has 2 saturated heterocycles. The number of hydrogen-bond donors (Lipinski definition) is 0. The van der Waals surface area contributed by atoms with Gasteiger partial charge >= 0.3 is 0 Å². The quantitative estimate of drug-likeness (QED) is 0.794. The van der Waals surface area contributed by atoms with Gasteiger partial charge in [0.1, 0.15) is 5.75 Å². The van der Waals surface area contributed by atoms with Crippen molar-refractivity contribution in [2.45, 2.75) is 43.2 Å². The van der Waals surface area contributed by atoms with Gasteiger partial charge in [-0.25, -0.2) is 8.42 Å². The van der Waals surface area contributed by atoms with Crippen molar-refractivity contribution in [3.8, 4) is 5.75 Å². The van der Waals surface area contributed by atoms with Gasteiger partial charge in [0.25, 0.3) is 0 Å². The van der Waals surface area contributed by atoms with Crippen LogP contribution in [0.3, 0.4) is 0 Å². The minimum Gasteiger partial charge on any atom is -0.497 e. The smallest absolute Gasteiger partial charge is 0.243 e. The molecule has 1 unspecified atom stereocenters. The van der Waals surface area contributed by atoms with Crippen LogP contribution in [-0.4, -0.2) is 55.9 Å². The number of sulfonamides is 1. The van der Waals surface area contributed by atoms with Crippen LogP contribution in [-0.2, 0) is 10.0 Å². The topological polar surface area (TPSA) is 49.6 Å². The third-order valence-electron chi connectivity index (χ3n) is 4.97. The van der Waals surface area contributed by atoms with Crippen LogP contribution in [0.25, 0.3) is 0 Å². The third kappa shape index (κ3) is 2.64. The van der Waals surface area contributed by atoms with E-state index in [9.17, 15) is 8.42 Å². The summed E-state index contributed by atoms with van der Waals surface area (Å²) in [6, 6.07) is 7.18. The summed E-state index contributed by atoms with van der Waals surface area (Å²) in [6.07, 6.45) is 1.86. The minimum absolute atomic E-state index is 0.135. The Balaban J connectivity index is 1.73. The number of likely N-dealkylation sites (tertiary alicyclic amines) is 1. The molecule has 122 valence electrons. The zero-order chi connectivity index (χ0) is 16.0. The van der Waals surface area contributed by atoms with Gasteiger partial charge in [-0.3, -0.25) is 0 Å². The van der Waals surface area contributed by atoms with E-state index in [0.717, 1.165) is 25.9 Å². The highest BCUT2D eigenvalue weighted by Gasteiger charge is 2.59. The summed E-state index contributed by atoms with van der Waals surface area (Å²) in [5.41, 5.74) is -0.135. The highest BCUT2D eigenvalue weighted by molar-refractivity contribution is 7.89. The van der Waals surface area contributed by atoms with E-state index in [4.69, 9.17) is 4.74 Å². The first kappa shape index (κ1) is 15.8. The standard InChI is InChI=1S/C16H24N2O3S/c1-13(2)17-10-8-16(9-11-17)12-18(16)22(19,20)15-6-4-14(21-3)5-7-15/h4-7,13H,8-12H2,1-3H3. The molecule has 0 amide bonds. The molecule has 3 rings (SSSR count). The summed E-state index contributed by atoms with van der Waals surface area (Å²) in [4.78, 5) is 2.78. The fourth-order valence-electron chi connectivity index (χ4n) is 3.31. The Labute approximate surface area is 132 Å². The monoisotopic (exact) mass is 324 g/mol. The van der Waals surface area contributed by atoms with E-state index < -0.39 is 10.0 Å². The highest BCUT2D eigenvalue weighted by Crippen LogP contribution is 2.46. The average Bonchev–Trinajstić information content (AvgIpc) is 3.22. The van der Waals surface area contributed by atoms with Crippen LogP contribution >= 0.6 is 0 Å². The predicted octanol–water partition coefficient (Wildman–Crippen LogP) is 1.94. The van der Waals surface area contributed by atoms with Crippen LogP contribution in [0.1, 0.15) is 26.7 Å². The molecule has 0 saturated carbocycles. The van der Waals surface area contributed by atoms with E-state index in [1.54, 1.807) is 35.7 Å². The van der Waals surface area contributed by atoms with E-state index >= 15 is 0 Å². The Morgan fingerprint density at radius 2 is 1.73 bits per heavy atom. The average molecular weight is 324 g/mol. The van der Waals surface area contributed by atoms with Gasteiger partial charge in [0.2, 0.25) is 10.0 Å². The van der Waals surface area contributed by atoms with Crippen LogP contribution in [0.4, 0.5) is 0 Å². The lowest BCUT2D eigenvalue weighted by atomic mass is 9.96. The van der Waals surface area contributed by atoms with Crippen LogP contribution in [0, 0.1) is 0 Å². The van der Waals surface area contributed by atoms with Crippen molar-refractivity contribution in [1.82, 2.24) is 9.21 Å². The Kier molecular flexibility index (Phi) is 3.95. The van der Waals surface area contributed by atoms with Gasteiger partial charge in [-0.2, -0.15) is 4.31 Å². The Bertz CT molecular complexity index is 632. The molecular formula is C16H24N2O3S. The first-order chi connectivity index (χ1) is 10.4. The van der Waals surface area contributed by atoms with Gasteiger partial charge in [0.05, 0.1) is 17.5 Å². The lowest BCUT2D eigenvalue weighted by Gasteiger charge is -2.34. The molecule has 5 nitrogen and oxygen atoms in total. The van der Waals surface area contributed by atoms with Crippen molar-refractivity contribution in [3.63, 3.8) is 0 Å². The second-order valence-electron chi connectivity index (χ2n) is 6.54. The minimum atomic E-state index is -3.38. The number of piperidine rings is 1. The summed E-state index contributed by atoms with van der Waals surface area (Å²) in [6.45, 7) is 7.00. The van der Waals surface area contributed by atoms with Crippen molar-refractivity contribution in [2.24, 2.45) is 0 Å². The molecule has 0 aliphatic carbocycles. The number of hydrogen-bond acceptors (Lipinski definition) is 4. The summed E-state index contributed by atoms with van der Waals surface area (Å²) >= 11 is 0. The van der Waals surface area contributed by atoms with Crippen LogP contribution in [0.15, 0.2) is 29.2 Å². The van der Waals surface area contributed by atoms with Gasteiger partial charge in [0.15, 0.2) is 0 Å². The van der Waals surface area contributed by atoms with Gasteiger partial charge in [-0.1, -0.05) is 0 Å². The largest absolute Gasteiger partial charge is 0.497 e. The molecule has 22 heavy (non-hydrogen) atoms. The van der Waals surface area contributed by atoms with Crippen LogP contribution in [0.5, 0.6) is 5.75 Å². The molecule has 2 aliphatic rings.